The number of amides is 1. The average Bonchev–Trinajstić information content (AvgIpc) is 3.01. The van der Waals surface area contributed by atoms with Crippen molar-refractivity contribution in [1.82, 2.24) is 14.5 Å². The van der Waals surface area contributed by atoms with Crippen LogP contribution in [0.5, 0.6) is 0 Å². The quantitative estimate of drug-likeness (QED) is 0.858. The lowest BCUT2D eigenvalue weighted by Crippen LogP contribution is -2.52. The summed E-state index contributed by atoms with van der Waals surface area (Å²) in [5.74, 6) is -0.0209. The van der Waals surface area contributed by atoms with E-state index in [1.165, 1.54) is 11.1 Å². The van der Waals surface area contributed by atoms with Gasteiger partial charge >= 0.3 is 0 Å². The summed E-state index contributed by atoms with van der Waals surface area (Å²) in [5.41, 5.74) is 2.19. The Labute approximate surface area is 156 Å². The van der Waals surface area contributed by atoms with Crippen molar-refractivity contribution in [3.63, 3.8) is 0 Å². The predicted octanol–water partition coefficient (Wildman–Crippen LogP) is 1.40. The molecule has 0 saturated carbocycles. The highest BCUT2D eigenvalue weighted by Crippen LogP contribution is 2.26. The molecule has 1 aliphatic heterocycles. The zero-order valence-electron chi connectivity index (χ0n) is 15.9. The van der Waals surface area contributed by atoms with Gasteiger partial charge in [-0.1, -0.05) is 6.07 Å². The van der Waals surface area contributed by atoms with Gasteiger partial charge in [0.2, 0.25) is 15.9 Å². The molecule has 0 unspecified atom stereocenters. The molecule has 0 radical (unpaired) electrons. The molecule has 0 aromatic heterocycles. The van der Waals surface area contributed by atoms with Crippen molar-refractivity contribution >= 4 is 15.9 Å². The predicted molar refractivity (Wildman–Crippen MR) is 102 cm³/mol. The zero-order chi connectivity index (χ0) is 18.9. The van der Waals surface area contributed by atoms with Crippen LogP contribution in [0, 0.1) is 0 Å². The molecule has 1 aromatic rings. The maximum absolute atomic E-state index is 12.9. The van der Waals surface area contributed by atoms with E-state index in [1.54, 1.807) is 10.4 Å². The van der Waals surface area contributed by atoms with Crippen LogP contribution in [0.4, 0.5) is 0 Å². The molecule has 1 saturated heterocycles. The smallest absolute Gasteiger partial charge is 0.243 e. The first-order valence-corrected chi connectivity index (χ1v) is 10.7. The number of hydrogen-bond acceptors (Lipinski definition) is 4. The molecule has 0 atom stereocenters. The SMILES string of the molecule is CC(C)(C)NC(=O)CN1CCN(S(=O)(=O)c2ccc3c(c2)CCC3)CC1. The highest BCUT2D eigenvalue weighted by Gasteiger charge is 2.30. The third-order valence-electron chi connectivity index (χ3n) is 4.92. The number of nitrogens with zero attached hydrogens (tertiary/aromatic N) is 2. The largest absolute Gasteiger partial charge is 0.350 e. The summed E-state index contributed by atoms with van der Waals surface area (Å²) in [5, 5.41) is 2.95. The molecular formula is C19H29N3O3S. The minimum absolute atomic E-state index is 0.0209. The number of carbonyl (C=O) groups is 1. The Hall–Kier alpha value is -1.44. The number of hydrogen-bond donors (Lipinski definition) is 1. The molecule has 1 heterocycles. The van der Waals surface area contributed by atoms with Crippen LogP contribution in [-0.2, 0) is 27.7 Å². The normalized spacial score (nSPS) is 19.3. The zero-order valence-corrected chi connectivity index (χ0v) is 16.7. The molecule has 6 nitrogen and oxygen atoms in total. The molecule has 7 heteroatoms. The van der Waals surface area contributed by atoms with Gasteiger partial charge in [-0.05, 0) is 63.3 Å². The van der Waals surface area contributed by atoms with Gasteiger partial charge in [-0.15, -0.1) is 0 Å². The third kappa shape index (κ3) is 4.45. The first kappa shape index (κ1) is 19.3. The molecule has 0 bridgehead atoms. The van der Waals surface area contributed by atoms with Gasteiger partial charge < -0.3 is 5.32 Å². The van der Waals surface area contributed by atoms with Crippen LogP contribution in [0.25, 0.3) is 0 Å². The van der Waals surface area contributed by atoms with Crippen molar-refractivity contribution in [1.29, 1.82) is 0 Å². The number of rotatable bonds is 4. The van der Waals surface area contributed by atoms with E-state index in [1.807, 2.05) is 37.8 Å². The fourth-order valence-electron chi connectivity index (χ4n) is 3.65. The first-order chi connectivity index (χ1) is 12.1. The van der Waals surface area contributed by atoms with Crippen molar-refractivity contribution in [2.75, 3.05) is 32.7 Å². The Balaban J connectivity index is 1.59. The topological polar surface area (TPSA) is 69.7 Å². The molecule has 2 aliphatic rings. The second-order valence-corrected chi connectivity index (χ2v) is 10.2. The second kappa shape index (κ2) is 7.29. The minimum Gasteiger partial charge on any atom is -0.350 e. The molecule has 1 aliphatic carbocycles. The van der Waals surface area contributed by atoms with Crippen molar-refractivity contribution < 1.29 is 13.2 Å². The van der Waals surface area contributed by atoms with E-state index in [2.05, 4.69) is 5.32 Å². The summed E-state index contributed by atoms with van der Waals surface area (Å²) in [6.07, 6.45) is 3.12. The Morgan fingerprint density at radius 2 is 1.73 bits per heavy atom. The Bertz CT molecular complexity index is 776. The van der Waals surface area contributed by atoms with E-state index < -0.39 is 10.0 Å². The van der Waals surface area contributed by atoms with Crippen molar-refractivity contribution in [2.45, 2.75) is 50.5 Å². The summed E-state index contributed by atoms with van der Waals surface area (Å²) >= 11 is 0. The van der Waals surface area contributed by atoms with Crippen LogP contribution >= 0.6 is 0 Å². The highest BCUT2D eigenvalue weighted by molar-refractivity contribution is 7.89. The van der Waals surface area contributed by atoms with E-state index in [4.69, 9.17) is 0 Å². The van der Waals surface area contributed by atoms with Gasteiger partial charge in [0.1, 0.15) is 0 Å². The molecule has 1 fully saturated rings. The van der Waals surface area contributed by atoms with Crippen LogP contribution in [0.2, 0.25) is 0 Å². The fraction of sp³-hybridized carbons (Fsp3) is 0.632. The summed E-state index contributed by atoms with van der Waals surface area (Å²) in [4.78, 5) is 14.5. The molecule has 1 N–H and O–H groups in total. The Kier molecular flexibility index (Phi) is 5.42. The number of sulfonamides is 1. The van der Waals surface area contributed by atoms with Crippen LogP contribution in [0.15, 0.2) is 23.1 Å². The number of carbonyl (C=O) groups excluding carboxylic acids is 1. The van der Waals surface area contributed by atoms with Crippen LogP contribution < -0.4 is 5.32 Å². The van der Waals surface area contributed by atoms with Gasteiger partial charge in [-0.3, -0.25) is 9.69 Å². The van der Waals surface area contributed by atoms with Crippen molar-refractivity contribution in [3.8, 4) is 0 Å². The van der Waals surface area contributed by atoms with Gasteiger partial charge in [-0.2, -0.15) is 4.31 Å². The number of benzene rings is 1. The van der Waals surface area contributed by atoms with E-state index in [0.717, 1.165) is 19.3 Å². The molecule has 1 aromatic carbocycles. The summed E-state index contributed by atoms with van der Waals surface area (Å²) in [7, 11) is -3.46. The number of fused-ring (bicyclic) bond motifs is 1. The van der Waals surface area contributed by atoms with Gasteiger partial charge in [0, 0.05) is 31.7 Å². The van der Waals surface area contributed by atoms with Crippen LogP contribution in [-0.4, -0.2) is 61.8 Å². The van der Waals surface area contributed by atoms with Crippen molar-refractivity contribution in [2.24, 2.45) is 0 Å². The van der Waals surface area contributed by atoms with Gasteiger partial charge in [-0.25, -0.2) is 8.42 Å². The van der Waals surface area contributed by atoms with E-state index >= 15 is 0 Å². The van der Waals surface area contributed by atoms with E-state index in [0.29, 0.717) is 37.6 Å². The third-order valence-corrected chi connectivity index (χ3v) is 6.82. The number of aryl methyl sites for hydroxylation is 2. The van der Waals surface area contributed by atoms with Crippen molar-refractivity contribution in [3.05, 3.63) is 29.3 Å². The summed E-state index contributed by atoms with van der Waals surface area (Å²) in [6.45, 7) is 8.14. The lowest BCUT2D eigenvalue weighted by atomic mass is 10.1. The second-order valence-electron chi connectivity index (χ2n) is 8.26. The molecule has 1 amide bonds. The fourth-order valence-corrected chi connectivity index (χ4v) is 5.12. The molecule has 3 rings (SSSR count). The Morgan fingerprint density at radius 3 is 2.38 bits per heavy atom. The highest BCUT2D eigenvalue weighted by atomic mass is 32.2. The lowest BCUT2D eigenvalue weighted by Gasteiger charge is -2.34. The maximum Gasteiger partial charge on any atom is 0.243 e. The first-order valence-electron chi connectivity index (χ1n) is 9.30. The van der Waals surface area contributed by atoms with E-state index in [9.17, 15) is 13.2 Å². The standard InChI is InChI=1S/C19H29N3O3S/c1-19(2,3)20-18(23)14-21-9-11-22(12-10-21)26(24,25)17-8-7-15-5-4-6-16(15)13-17/h7-8,13H,4-6,9-12,14H2,1-3H3,(H,20,23). The van der Waals surface area contributed by atoms with E-state index in [-0.39, 0.29) is 11.4 Å². The van der Waals surface area contributed by atoms with Gasteiger partial charge in [0.25, 0.3) is 0 Å². The lowest BCUT2D eigenvalue weighted by molar-refractivity contribution is -0.123. The summed E-state index contributed by atoms with van der Waals surface area (Å²) in [6, 6.07) is 5.55. The van der Waals surface area contributed by atoms with Gasteiger partial charge in [0.05, 0.1) is 11.4 Å². The monoisotopic (exact) mass is 379 g/mol. The maximum atomic E-state index is 12.9. The molecule has 144 valence electrons. The van der Waals surface area contributed by atoms with Gasteiger partial charge in [0.15, 0.2) is 0 Å². The summed E-state index contributed by atoms with van der Waals surface area (Å²) < 4.78 is 27.4. The molecule has 26 heavy (non-hydrogen) atoms. The molecular weight excluding hydrogens is 350 g/mol. The number of piperazine rings is 1. The number of nitrogens with one attached hydrogen (secondary N) is 1. The minimum atomic E-state index is -3.46. The Morgan fingerprint density at radius 1 is 1.08 bits per heavy atom. The van der Waals surface area contributed by atoms with Crippen LogP contribution in [0.1, 0.15) is 38.3 Å². The average molecular weight is 380 g/mol. The molecule has 0 spiro atoms. The van der Waals surface area contributed by atoms with Crippen LogP contribution in [0.3, 0.4) is 0 Å².